The van der Waals surface area contributed by atoms with Crippen LogP contribution in [-0.2, 0) is 10.0 Å². The lowest BCUT2D eigenvalue weighted by molar-refractivity contribution is -0.599. The monoisotopic (exact) mass is 421 g/mol. The lowest BCUT2D eigenvalue weighted by Gasteiger charge is -2.16. The summed E-state index contributed by atoms with van der Waals surface area (Å²) in [4.78, 5) is 19.0. The molecule has 4 rings (SSSR count). The molecule has 0 aliphatic heterocycles. The molecule has 30 heavy (non-hydrogen) atoms. The third kappa shape index (κ3) is 3.80. The Hall–Kier alpha value is -3.92. The highest BCUT2D eigenvalue weighted by molar-refractivity contribution is 7.94. The van der Waals surface area contributed by atoms with Crippen molar-refractivity contribution in [3.8, 4) is 5.82 Å². The smallest absolute Gasteiger partial charge is 0.327 e. The zero-order valence-corrected chi connectivity index (χ0v) is 16.5. The van der Waals surface area contributed by atoms with E-state index in [0.717, 1.165) is 11.6 Å². The molecule has 0 atom stereocenters. The molecule has 0 aliphatic carbocycles. The van der Waals surface area contributed by atoms with Crippen LogP contribution in [0.1, 0.15) is 5.56 Å². The second-order valence-electron chi connectivity index (χ2n) is 6.47. The van der Waals surface area contributed by atoms with Gasteiger partial charge in [0.1, 0.15) is 0 Å². The molecule has 0 radical (unpaired) electrons. The van der Waals surface area contributed by atoms with E-state index in [4.69, 9.17) is 0 Å². The summed E-state index contributed by atoms with van der Waals surface area (Å²) >= 11 is 0. The van der Waals surface area contributed by atoms with Gasteiger partial charge < -0.3 is 9.71 Å². The van der Waals surface area contributed by atoms with Gasteiger partial charge in [0, 0.05) is 23.5 Å². The number of fused-ring (bicyclic) bond motifs is 1. The van der Waals surface area contributed by atoms with Crippen molar-refractivity contribution in [2.24, 2.45) is 0 Å². The van der Waals surface area contributed by atoms with E-state index >= 15 is 0 Å². The first-order valence-electron chi connectivity index (χ1n) is 8.81. The molecule has 0 saturated carbocycles. The Balaban J connectivity index is 1.86. The molecule has 0 fully saturated rings. The minimum atomic E-state index is -4.27. The molecule has 9 nitrogen and oxygen atoms in total. The van der Waals surface area contributed by atoms with Gasteiger partial charge in [0.15, 0.2) is 5.52 Å². The Morgan fingerprint density at radius 1 is 1.00 bits per heavy atom. The van der Waals surface area contributed by atoms with Crippen LogP contribution in [0.3, 0.4) is 0 Å². The lowest BCUT2D eigenvalue weighted by Crippen LogP contribution is -2.32. The number of benzene rings is 2. The van der Waals surface area contributed by atoms with E-state index < -0.39 is 14.9 Å². The van der Waals surface area contributed by atoms with Crippen molar-refractivity contribution in [2.45, 2.75) is 11.8 Å². The minimum Gasteiger partial charge on any atom is -0.425 e. The lowest BCUT2D eigenvalue weighted by atomic mass is 10.3. The predicted molar refractivity (Wildman–Crippen MR) is 109 cm³/mol. The van der Waals surface area contributed by atoms with Gasteiger partial charge in [-0.1, -0.05) is 30.3 Å². The normalized spacial score (nSPS) is 11.4. The molecule has 0 unspecified atom stereocenters. The predicted octanol–water partition coefficient (Wildman–Crippen LogP) is 3.52. The minimum absolute atomic E-state index is 0.115. The number of sulfonamides is 1. The summed E-state index contributed by atoms with van der Waals surface area (Å²) in [6.07, 6.45) is 3.49. The fourth-order valence-corrected chi connectivity index (χ4v) is 3.84. The van der Waals surface area contributed by atoms with Crippen LogP contribution in [0.5, 0.6) is 0 Å². The number of nitro groups is 1. The summed E-state index contributed by atoms with van der Waals surface area (Å²) < 4.78 is 31.3. The average Bonchev–Trinajstić information content (AvgIpc) is 2.73. The summed E-state index contributed by atoms with van der Waals surface area (Å²) in [7, 11) is -4.27. The van der Waals surface area contributed by atoms with E-state index in [1.807, 2.05) is 13.0 Å². The Morgan fingerprint density at radius 2 is 1.73 bits per heavy atom. The van der Waals surface area contributed by atoms with Crippen LogP contribution in [0.2, 0.25) is 0 Å². The number of hydrogen-bond acceptors (Lipinski definition) is 6. The molecular weight excluding hydrogens is 406 g/mol. The number of hydrogen-bond donors (Lipinski definition) is 0. The molecular formula is C20H15N5O4S. The number of nitro benzene ring substituents is 1. The molecule has 2 aromatic heterocycles. The van der Waals surface area contributed by atoms with Crippen LogP contribution < -0.4 is 4.57 Å². The average molecular weight is 421 g/mol. The van der Waals surface area contributed by atoms with E-state index in [0.29, 0.717) is 11.0 Å². The largest absolute Gasteiger partial charge is 0.425 e. The van der Waals surface area contributed by atoms with Gasteiger partial charge in [0.2, 0.25) is 10.0 Å². The van der Waals surface area contributed by atoms with E-state index in [1.165, 1.54) is 18.2 Å². The van der Waals surface area contributed by atoms with Gasteiger partial charge in [-0.25, -0.2) is 13.0 Å². The fraction of sp³-hybridized carbons (Fsp3) is 0.0500. The quantitative estimate of drug-likeness (QED) is 0.276. The number of pyridine rings is 1. The van der Waals surface area contributed by atoms with E-state index in [1.54, 1.807) is 47.3 Å². The van der Waals surface area contributed by atoms with Gasteiger partial charge in [-0.15, -0.1) is 0 Å². The Kier molecular flexibility index (Phi) is 4.84. The third-order valence-corrected chi connectivity index (χ3v) is 5.52. The van der Waals surface area contributed by atoms with Crippen molar-refractivity contribution < 1.29 is 17.9 Å². The maximum atomic E-state index is 12.9. The Morgan fingerprint density at radius 3 is 2.43 bits per heavy atom. The molecule has 10 heteroatoms. The van der Waals surface area contributed by atoms with Crippen LogP contribution in [0.4, 0.5) is 11.5 Å². The highest BCUT2D eigenvalue weighted by Gasteiger charge is 2.20. The SMILES string of the molecule is Cc1ccc[n+](-c2nc3ccccc3nc2[N-]S(=O)(=O)c2cccc([N+](=O)[O-])c2)c1. The molecule has 0 spiro atoms. The zero-order valence-electron chi connectivity index (χ0n) is 15.7. The van der Waals surface area contributed by atoms with Crippen LogP contribution in [0, 0.1) is 17.0 Å². The first kappa shape index (κ1) is 19.4. The van der Waals surface area contributed by atoms with Crippen molar-refractivity contribution in [1.82, 2.24) is 9.97 Å². The maximum absolute atomic E-state index is 12.9. The van der Waals surface area contributed by atoms with E-state index in [2.05, 4.69) is 14.7 Å². The fourth-order valence-electron chi connectivity index (χ4n) is 2.86. The number of non-ortho nitro benzene ring substituents is 1. The highest BCUT2D eigenvalue weighted by atomic mass is 32.2. The summed E-state index contributed by atoms with van der Waals surface area (Å²) in [5.41, 5.74) is 1.64. The number of para-hydroxylation sites is 2. The molecule has 4 aromatic rings. The number of aromatic nitrogens is 3. The third-order valence-electron chi connectivity index (χ3n) is 4.26. The molecule has 0 N–H and O–H groups in total. The zero-order chi connectivity index (χ0) is 21.3. The van der Waals surface area contributed by atoms with Gasteiger partial charge >= 0.3 is 5.82 Å². The molecule has 2 heterocycles. The van der Waals surface area contributed by atoms with Gasteiger partial charge in [-0.3, -0.25) is 10.1 Å². The van der Waals surface area contributed by atoms with E-state index in [-0.39, 0.29) is 22.2 Å². The first-order chi connectivity index (χ1) is 14.3. The summed E-state index contributed by atoms with van der Waals surface area (Å²) in [6, 6.07) is 15.4. The molecule has 0 saturated heterocycles. The maximum Gasteiger partial charge on any atom is 0.327 e. The molecule has 0 amide bonds. The molecule has 150 valence electrons. The summed E-state index contributed by atoms with van der Waals surface area (Å²) in [6.45, 7) is 1.89. The van der Waals surface area contributed by atoms with Crippen molar-refractivity contribution in [2.75, 3.05) is 0 Å². The molecule has 0 bridgehead atoms. The Bertz CT molecular complexity index is 1390. The number of rotatable bonds is 5. The van der Waals surface area contributed by atoms with Gasteiger partial charge in [-0.2, -0.15) is 0 Å². The van der Waals surface area contributed by atoms with Gasteiger partial charge in [0.05, 0.1) is 22.2 Å². The van der Waals surface area contributed by atoms with Crippen molar-refractivity contribution >= 4 is 32.6 Å². The van der Waals surface area contributed by atoms with Crippen LogP contribution in [0.15, 0.2) is 78.0 Å². The van der Waals surface area contributed by atoms with Gasteiger partial charge in [-0.05, 0) is 35.7 Å². The van der Waals surface area contributed by atoms with Crippen molar-refractivity contribution in [3.05, 3.63) is 93.5 Å². The first-order valence-corrected chi connectivity index (χ1v) is 10.2. The topological polar surface area (TPSA) is 121 Å². The standard InChI is InChI=1S/C20H15N5O4S/c1-14-6-5-11-24(13-14)20-19(21-17-9-2-3-10-18(17)22-20)23-30(28,29)16-8-4-7-15(12-16)25(26)27/h2-13H,1H3. The Labute approximate surface area is 171 Å². The number of nitrogens with zero attached hydrogens (tertiary/aromatic N) is 5. The van der Waals surface area contributed by atoms with Crippen molar-refractivity contribution in [1.29, 1.82) is 0 Å². The van der Waals surface area contributed by atoms with Crippen LogP contribution >= 0.6 is 0 Å². The second-order valence-corrected chi connectivity index (χ2v) is 8.07. The molecule has 0 aliphatic rings. The van der Waals surface area contributed by atoms with Gasteiger partial charge in [0.25, 0.3) is 5.69 Å². The van der Waals surface area contributed by atoms with Crippen LogP contribution in [0.25, 0.3) is 21.6 Å². The second kappa shape index (κ2) is 7.48. The molecule has 2 aromatic carbocycles. The van der Waals surface area contributed by atoms with Crippen LogP contribution in [-0.4, -0.2) is 23.3 Å². The summed E-state index contributed by atoms with van der Waals surface area (Å²) in [5, 5.41) is 11.0. The van der Waals surface area contributed by atoms with Crippen molar-refractivity contribution in [3.63, 3.8) is 0 Å². The van der Waals surface area contributed by atoms with E-state index in [9.17, 15) is 18.5 Å². The highest BCUT2D eigenvalue weighted by Crippen LogP contribution is 2.31. The number of aryl methyl sites for hydroxylation is 1. The summed E-state index contributed by atoms with van der Waals surface area (Å²) in [5.74, 6) is 0.113.